The SMILES string of the molecule is CNc1cc2ccc(O[C@@H]3OC(C)(C)[C@H](OC)[C@@H]4OC(=O)OC34)cc2oc1=O. The van der Waals surface area contributed by atoms with Crippen LogP contribution < -0.4 is 15.7 Å². The summed E-state index contributed by atoms with van der Waals surface area (Å²) in [6.45, 7) is 3.64. The summed E-state index contributed by atoms with van der Waals surface area (Å²) in [4.78, 5) is 23.6. The highest BCUT2D eigenvalue weighted by molar-refractivity contribution is 5.80. The van der Waals surface area contributed by atoms with E-state index in [1.165, 1.54) is 7.11 Å². The minimum atomic E-state index is -0.918. The molecule has 28 heavy (non-hydrogen) atoms. The first-order valence-corrected chi connectivity index (χ1v) is 8.82. The van der Waals surface area contributed by atoms with Gasteiger partial charge in [-0.15, -0.1) is 0 Å². The molecule has 2 fully saturated rings. The van der Waals surface area contributed by atoms with Crippen LogP contribution in [0.3, 0.4) is 0 Å². The van der Waals surface area contributed by atoms with Gasteiger partial charge < -0.3 is 33.4 Å². The zero-order chi connectivity index (χ0) is 20.1. The van der Waals surface area contributed by atoms with E-state index in [-0.39, 0.29) is 0 Å². The van der Waals surface area contributed by atoms with Crippen LogP contribution in [-0.4, -0.2) is 50.5 Å². The zero-order valence-corrected chi connectivity index (χ0v) is 15.9. The highest BCUT2D eigenvalue weighted by atomic mass is 16.8. The van der Waals surface area contributed by atoms with Crippen molar-refractivity contribution < 1.29 is 32.9 Å². The molecule has 0 spiro atoms. The van der Waals surface area contributed by atoms with Crippen LogP contribution in [0.1, 0.15) is 13.8 Å². The minimum Gasteiger partial charge on any atom is -0.461 e. The number of fused-ring (bicyclic) bond motifs is 2. The van der Waals surface area contributed by atoms with Gasteiger partial charge in [-0.05, 0) is 32.0 Å². The number of ether oxygens (including phenoxy) is 5. The van der Waals surface area contributed by atoms with Gasteiger partial charge >= 0.3 is 11.8 Å². The van der Waals surface area contributed by atoms with E-state index in [1.54, 1.807) is 31.3 Å². The topological polar surface area (TPSA) is 105 Å². The minimum absolute atomic E-state index is 0.363. The molecule has 2 aromatic rings. The normalized spacial score (nSPS) is 28.4. The third kappa shape index (κ3) is 3.06. The van der Waals surface area contributed by atoms with Gasteiger partial charge in [0.2, 0.25) is 12.4 Å². The predicted octanol–water partition coefficient (Wildman–Crippen LogP) is 2.27. The first kappa shape index (κ1) is 18.6. The van der Waals surface area contributed by atoms with Crippen molar-refractivity contribution in [3.63, 3.8) is 0 Å². The van der Waals surface area contributed by atoms with Crippen LogP contribution in [-0.2, 0) is 18.9 Å². The van der Waals surface area contributed by atoms with Crippen molar-refractivity contribution in [3.8, 4) is 5.75 Å². The maximum Gasteiger partial charge on any atom is 0.509 e. The molecule has 4 rings (SSSR count). The number of anilines is 1. The fourth-order valence-corrected chi connectivity index (χ4v) is 3.64. The lowest BCUT2D eigenvalue weighted by atomic mass is 9.89. The van der Waals surface area contributed by atoms with E-state index in [0.29, 0.717) is 17.0 Å². The van der Waals surface area contributed by atoms with E-state index < -0.39 is 42.0 Å². The second-order valence-electron chi connectivity index (χ2n) is 7.18. The number of carbonyl (C=O) groups excluding carboxylic acids is 1. The standard InChI is InChI=1S/C19H21NO8/c1-19(2)15(23-4)13-14(27-18(22)26-13)17(28-19)24-10-6-5-9-7-11(20-3)16(21)25-12(9)8-10/h5-8,13-15,17,20H,1-4H3/t13-,14?,15-,17-/m1/s1. The lowest BCUT2D eigenvalue weighted by Gasteiger charge is -2.45. The molecular weight excluding hydrogens is 370 g/mol. The molecule has 9 nitrogen and oxygen atoms in total. The monoisotopic (exact) mass is 391 g/mol. The Morgan fingerprint density at radius 3 is 2.57 bits per heavy atom. The van der Waals surface area contributed by atoms with Crippen molar-refractivity contribution in [3.05, 3.63) is 34.7 Å². The molecule has 0 amide bonds. The van der Waals surface area contributed by atoms with Gasteiger partial charge in [0.1, 0.15) is 23.1 Å². The summed E-state index contributed by atoms with van der Waals surface area (Å²) in [5.41, 5.74) is -0.549. The molecule has 1 aromatic carbocycles. The number of methoxy groups -OCH3 is 1. The van der Waals surface area contributed by atoms with Gasteiger partial charge in [-0.3, -0.25) is 0 Å². The van der Waals surface area contributed by atoms with Crippen LogP contribution in [0.2, 0.25) is 0 Å². The molecule has 4 atom stereocenters. The van der Waals surface area contributed by atoms with E-state index in [1.807, 2.05) is 13.8 Å². The molecular formula is C19H21NO8. The molecule has 1 unspecified atom stereocenters. The number of nitrogens with one attached hydrogen (secondary N) is 1. The van der Waals surface area contributed by atoms with Gasteiger partial charge in [-0.1, -0.05) is 0 Å². The second kappa shape index (κ2) is 6.68. The average molecular weight is 391 g/mol. The van der Waals surface area contributed by atoms with Gasteiger partial charge in [0.05, 0.1) is 5.60 Å². The van der Waals surface area contributed by atoms with Gasteiger partial charge in [0.15, 0.2) is 6.10 Å². The summed E-state index contributed by atoms with van der Waals surface area (Å²) >= 11 is 0. The molecule has 0 bridgehead atoms. The Labute approximate surface area is 160 Å². The quantitative estimate of drug-likeness (QED) is 0.620. The summed E-state index contributed by atoms with van der Waals surface area (Å²) in [7, 11) is 3.16. The van der Waals surface area contributed by atoms with E-state index in [2.05, 4.69) is 5.32 Å². The van der Waals surface area contributed by atoms with Gasteiger partial charge in [0, 0.05) is 25.6 Å². The lowest BCUT2D eigenvalue weighted by molar-refractivity contribution is -0.282. The van der Waals surface area contributed by atoms with Crippen LogP contribution in [0, 0.1) is 0 Å². The molecule has 3 heterocycles. The summed E-state index contributed by atoms with van der Waals surface area (Å²) in [5, 5.41) is 3.51. The van der Waals surface area contributed by atoms with Crippen molar-refractivity contribution in [2.45, 2.75) is 44.1 Å². The predicted molar refractivity (Wildman–Crippen MR) is 97.5 cm³/mol. The fourth-order valence-electron chi connectivity index (χ4n) is 3.64. The molecule has 2 saturated heterocycles. The van der Waals surface area contributed by atoms with Gasteiger partial charge in [0.25, 0.3) is 0 Å². The van der Waals surface area contributed by atoms with Crippen LogP contribution >= 0.6 is 0 Å². The van der Waals surface area contributed by atoms with E-state index >= 15 is 0 Å². The Kier molecular flexibility index (Phi) is 4.43. The number of rotatable bonds is 4. The van der Waals surface area contributed by atoms with E-state index in [4.69, 9.17) is 28.1 Å². The maximum atomic E-state index is 11.9. The average Bonchev–Trinajstić information content (AvgIpc) is 3.02. The first-order valence-electron chi connectivity index (χ1n) is 8.82. The molecule has 1 aromatic heterocycles. The summed E-state index contributed by atoms with van der Waals surface area (Å²) < 4.78 is 33.2. The molecule has 2 aliphatic heterocycles. The van der Waals surface area contributed by atoms with E-state index in [0.717, 1.165) is 5.39 Å². The molecule has 150 valence electrons. The maximum absolute atomic E-state index is 11.9. The highest BCUT2D eigenvalue weighted by Crippen LogP contribution is 2.38. The third-order valence-corrected chi connectivity index (χ3v) is 4.94. The molecule has 2 aliphatic rings. The van der Waals surface area contributed by atoms with Gasteiger partial charge in [-0.2, -0.15) is 0 Å². The molecule has 9 heteroatoms. The molecule has 0 saturated carbocycles. The first-order chi connectivity index (χ1) is 13.3. The van der Waals surface area contributed by atoms with Crippen molar-refractivity contribution in [2.75, 3.05) is 19.5 Å². The Morgan fingerprint density at radius 1 is 1.11 bits per heavy atom. The van der Waals surface area contributed by atoms with Crippen LogP contribution in [0.5, 0.6) is 5.75 Å². The van der Waals surface area contributed by atoms with Gasteiger partial charge in [-0.25, -0.2) is 9.59 Å². The van der Waals surface area contributed by atoms with Crippen LogP contribution in [0.25, 0.3) is 11.0 Å². The lowest BCUT2D eigenvalue weighted by Crippen LogP contribution is -2.62. The molecule has 0 aliphatic carbocycles. The second-order valence-corrected chi connectivity index (χ2v) is 7.18. The molecule has 1 N–H and O–H groups in total. The number of hydrogen-bond donors (Lipinski definition) is 1. The fraction of sp³-hybridized carbons (Fsp3) is 0.474. The highest BCUT2D eigenvalue weighted by Gasteiger charge is 2.58. The van der Waals surface area contributed by atoms with Crippen molar-refractivity contribution in [1.82, 2.24) is 0 Å². The van der Waals surface area contributed by atoms with Crippen molar-refractivity contribution in [2.24, 2.45) is 0 Å². The Morgan fingerprint density at radius 2 is 1.86 bits per heavy atom. The number of carbonyl (C=O) groups is 1. The van der Waals surface area contributed by atoms with Crippen LogP contribution in [0.15, 0.2) is 33.5 Å². The van der Waals surface area contributed by atoms with Crippen molar-refractivity contribution >= 4 is 22.8 Å². The zero-order valence-electron chi connectivity index (χ0n) is 15.9. The largest absolute Gasteiger partial charge is 0.509 e. The molecule has 0 radical (unpaired) electrons. The Hall–Kier alpha value is -2.78. The third-order valence-electron chi connectivity index (χ3n) is 4.94. The number of benzene rings is 1. The van der Waals surface area contributed by atoms with E-state index in [9.17, 15) is 9.59 Å². The summed E-state index contributed by atoms with van der Waals surface area (Å²) in [6.07, 6.45) is -3.68. The smallest absolute Gasteiger partial charge is 0.461 e. The Balaban J connectivity index is 1.64. The summed E-state index contributed by atoms with van der Waals surface area (Å²) in [6, 6.07) is 6.75. The number of hydrogen-bond acceptors (Lipinski definition) is 9. The Bertz CT molecular complexity index is 968. The summed E-state index contributed by atoms with van der Waals surface area (Å²) in [5.74, 6) is 0.395. The van der Waals surface area contributed by atoms with Crippen molar-refractivity contribution in [1.29, 1.82) is 0 Å². The van der Waals surface area contributed by atoms with Crippen LogP contribution in [0.4, 0.5) is 10.5 Å².